The maximum atomic E-state index is 2.58. The van der Waals surface area contributed by atoms with Crippen molar-refractivity contribution in [1.82, 2.24) is 9.80 Å². The molecule has 2 rings (SSSR count). The molecule has 2 nitrogen and oxygen atoms in total. The lowest BCUT2D eigenvalue weighted by Gasteiger charge is -2.33. The standard InChI is InChI=1S/C14H24N2S/c1-14(2,3)12-5-10-17-13(12)11-16-8-6-15(4)7-9-16/h5,10H,6-9,11H2,1-4H3. The Hall–Kier alpha value is -0.380. The third-order valence-electron chi connectivity index (χ3n) is 3.52. The zero-order valence-corrected chi connectivity index (χ0v) is 12.3. The monoisotopic (exact) mass is 252 g/mol. The van der Waals surface area contributed by atoms with Gasteiger partial charge in [0.05, 0.1) is 0 Å². The molecule has 0 spiro atoms. The van der Waals surface area contributed by atoms with Crippen molar-refractivity contribution in [2.24, 2.45) is 0 Å². The Bertz CT molecular complexity index is 357. The molecule has 0 unspecified atom stereocenters. The second-order valence-corrected chi connectivity index (χ2v) is 7.09. The molecule has 1 aromatic heterocycles. The Kier molecular flexibility index (Phi) is 3.91. The van der Waals surface area contributed by atoms with Crippen LogP contribution in [-0.2, 0) is 12.0 Å². The molecule has 0 bridgehead atoms. The molecule has 1 aliphatic rings. The third kappa shape index (κ3) is 3.30. The molecule has 17 heavy (non-hydrogen) atoms. The maximum absolute atomic E-state index is 2.58. The molecule has 1 aromatic rings. The van der Waals surface area contributed by atoms with Crippen LogP contribution in [0.3, 0.4) is 0 Å². The number of piperazine rings is 1. The molecule has 0 saturated carbocycles. The van der Waals surface area contributed by atoms with Gasteiger partial charge in [-0.3, -0.25) is 4.90 Å². The van der Waals surface area contributed by atoms with E-state index in [1.165, 1.54) is 31.7 Å². The predicted octanol–water partition coefficient (Wildman–Crippen LogP) is 2.79. The Balaban J connectivity index is 2.02. The number of hydrogen-bond acceptors (Lipinski definition) is 3. The van der Waals surface area contributed by atoms with E-state index in [9.17, 15) is 0 Å². The summed E-state index contributed by atoms with van der Waals surface area (Å²) in [5, 5.41) is 2.24. The average Bonchev–Trinajstić information content (AvgIpc) is 2.69. The fourth-order valence-electron chi connectivity index (χ4n) is 2.34. The van der Waals surface area contributed by atoms with E-state index in [0.717, 1.165) is 6.54 Å². The van der Waals surface area contributed by atoms with Crippen molar-refractivity contribution in [3.05, 3.63) is 21.9 Å². The highest BCUT2D eigenvalue weighted by atomic mass is 32.1. The van der Waals surface area contributed by atoms with Gasteiger partial charge in [-0.05, 0) is 29.5 Å². The first kappa shape index (κ1) is 13.1. The van der Waals surface area contributed by atoms with E-state index in [1.54, 1.807) is 4.88 Å². The summed E-state index contributed by atoms with van der Waals surface area (Å²) in [5.41, 5.74) is 1.81. The minimum Gasteiger partial charge on any atom is -0.304 e. The zero-order chi connectivity index (χ0) is 12.5. The number of rotatable bonds is 2. The molecule has 0 aliphatic carbocycles. The molecule has 1 aliphatic heterocycles. The first-order valence-corrected chi connectivity index (χ1v) is 7.32. The Morgan fingerprint density at radius 1 is 1.18 bits per heavy atom. The molecule has 1 saturated heterocycles. The normalized spacial score (nSPS) is 19.8. The molecular formula is C14H24N2S. The van der Waals surface area contributed by atoms with Crippen LogP contribution in [0.4, 0.5) is 0 Å². The van der Waals surface area contributed by atoms with E-state index in [0.29, 0.717) is 0 Å². The van der Waals surface area contributed by atoms with Crippen LogP contribution >= 0.6 is 11.3 Å². The molecule has 96 valence electrons. The van der Waals surface area contributed by atoms with E-state index in [-0.39, 0.29) is 5.41 Å². The Labute approximate surface area is 109 Å². The second kappa shape index (κ2) is 5.09. The number of nitrogens with zero attached hydrogens (tertiary/aromatic N) is 2. The van der Waals surface area contributed by atoms with E-state index in [2.05, 4.69) is 49.1 Å². The SMILES string of the molecule is CN1CCN(Cc2sccc2C(C)(C)C)CC1. The van der Waals surface area contributed by atoms with Crippen molar-refractivity contribution < 1.29 is 0 Å². The Morgan fingerprint density at radius 3 is 2.41 bits per heavy atom. The van der Waals surface area contributed by atoms with Crippen molar-refractivity contribution >= 4 is 11.3 Å². The van der Waals surface area contributed by atoms with Crippen LogP contribution < -0.4 is 0 Å². The topological polar surface area (TPSA) is 6.48 Å². The molecule has 3 heteroatoms. The summed E-state index contributed by atoms with van der Waals surface area (Å²) in [4.78, 5) is 6.55. The largest absolute Gasteiger partial charge is 0.304 e. The van der Waals surface area contributed by atoms with Crippen LogP contribution in [-0.4, -0.2) is 43.0 Å². The van der Waals surface area contributed by atoms with Gasteiger partial charge in [0.2, 0.25) is 0 Å². The summed E-state index contributed by atoms with van der Waals surface area (Å²) in [6.45, 7) is 12.9. The lowest BCUT2D eigenvalue weighted by atomic mass is 9.87. The summed E-state index contributed by atoms with van der Waals surface area (Å²) < 4.78 is 0. The lowest BCUT2D eigenvalue weighted by molar-refractivity contribution is 0.148. The number of thiophene rings is 1. The summed E-state index contributed by atoms with van der Waals surface area (Å²) in [7, 11) is 2.21. The summed E-state index contributed by atoms with van der Waals surface area (Å²) in [6.07, 6.45) is 0. The van der Waals surface area contributed by atoms with Crippen molar-refractivity contribution in [2.45, 2.75) is 32.7 Å². The first-order valence-electron chi connectivity index (χ1n) is 6.44. The van der Waals surface area contributed by atoms with Gasteiger partial charge in [0, 0.05) is 37.6 Å². The van der Waals surface area contributed by atoms with Crippen LogP contribution in [0.1, 0.15) is 31.2 Å². The molecule has 0 aromatic carbocycles. The highest BCUT2D eigenvalue weighted by Crippen LogP contribution is 2.30. The zero-order valence-electron chi connectivity index (χ0n) is 11.5. The highest BCUT2D eigenvalue weighted by Gasteiger charge is 2.21. The van der Waals surface area contributed by atoms with Crippen LogP contribution in [0.2, 0.25) is 0 Å². The quantitative estimate of drug-likeness (QED) is 0.798. The average molecular weight is 252 g/mol. The van der Waals surface area contributed by atoms with E-state index in [4.69, 9.17) is 0 Å². The van der Waals surface area contributed by atoms with Gasteiger partial charge in [-0.15, -0.1) is 11.3 Å². The van der Waals surface area contributed by atoms with Crippen molar-refractivity contribution in [1.29, 1.82) is 0 Å². The fraction of sp³-hybridized carbons (Fsp3) is 0.714. The summed E-state index contributed by atoms with van der Waals surface area (Å²) in [6, 6.07) is 2.30. The molecule has 2 heterocycles. The minimum absolute atomic E-state index is 0.280. The lowest BCUT2D eigenvalue weighted by Crippen LogP contribution is -2.44. The van der Waals surface area contributed by atoms with Gasteiger partial charge in [-0.2, -0.15) is 0 Å². The van der Waals surface area contributed by atoms with Crippen LogP contribution in [0, 0.1) is 0 Å². The van der Waals surface area contributed by atoms with E-state index >= 15 is 0 Å². The van der Waals surface area contributed by atoms with Gasteiger partial charge < -0.3 is 4.90 Å². The van der Waals surface area contributed by atoms with Gasteiger partial charge in [-0.1, -0.05) is 20.8 Å². The Morgan fingerprint density at radius 2 is 1.82 bits per heavy atom. The van der Waals surface area contributed by atoms with Crippen LogP contribution in [0.15, 0.2) is 11.4 Å². The predicted molar refractivity (Wildman–Crippen MR) is 75.8 cm³/mol. The summed E-state index contributed by atoms with van der Waals surface area (Å²) >= 11 is 1.92. The fourth-order valence-corrected chi connectivity index (χ4v) is 3.47. The van der Waals surface area contributed by atoms with Crippen molar-refractivity contribution in [2.75, 3.05) is 33.2 Å². The smallest absolute Gasteiger partial charge is 0.0331 e. The highest BCUT2D eigenvalue weighted by molar-refractivity contribution is 7.10. The van der Waals surface area contributed by atoms with E-state index < -0.39 is 0 Å². The van der Waals surface area contributed by atoms with Crippen molar-refractivity contribution in [3.63, 3.8) is 0 Å². The van der Waals surface area contributed by atoms with Crippen LogP contribution in [0.25, 0.3) is 0 Å². The third-order valence-corrected chi connectivity index (χ3v) is 4.42. The maximum Gasteiger partial charge on any atom is 0.0331 e. The number of hydrogen-bond donors (Lipinski definition) is 0. The second-order valence-electron chi connectivity index (χ2n) is 6.09. The molecule has 0 N–H and O–H groups in total. The first-order chi connectivity index (χ1) is 7.97. The van der Waals surface area contributed by atoms with Gasteiger partial charge in [0.1, 0.15) is 0 Å². The molecule has 1 fully saturated rings. The molecule has 0 atom stereocenters. The molecular weight excluding hydrogens is 228 g/mol. The van der Waals surface area contributed by atoms with Gasteiger partial charge in [0.15, 0.2) is 0 Å². The van der Waals surface area contributed by atoms with Gasteiger partial charge >= 0.3 is 0 Å². The van der Waals surface area contributed by atoms with Crippen molar-refractivity contribution in [3.8, 4) is 0 Å². The molecule has 0 amide bonds. The molecule has 0 radical (unpaired) electrons. The minimum atomic E-state index is 0.280. The number of likely N-dealkylation sites (N-methyl/N-ethyl adjacent to an activating group) is 1. The summed E-state index contributed by atoms with van der Waals surface area (Å²) in [5.74, 6) is 0. The van der Waals surface area contributed by atoms with Gasteiger partial charge in [-0.25, -0.2) is 0 Å². The van der Waals surface area contributed by atoms with E-state index in [1.807, 2.05) is 11.3 Å². The van der Waals surface area contributed by atoms with Crippen LogP contribution in [0.5, 0.6) is 0 Å². The van der Waals surface area contributed by atoms with Gasteiger partial charge in [0.25, 0.3) is 0 Å².